The van der Waals surface area contributed by atoms with Crippen LogP contribution in [0.25, 0.3) is 0 Å². The zero-order valence-electron chi connectivity index (χ0n) is 9.26. The van der Waals surface area contributed by atoms with Crippen LogP contribution in [-0.4, -0.2) is 23.1 Å². The van der Waals surface area contributed by atoms with E-state index in [9.17, 15) is 9.59 Å². The van der Waals surface area contributed by atoms with Crippen molar-refractivity contribution in [2.24, 2.45) is 17.8 Å². The molecule has 0 aromatic rings. The lowest BCUT2D eigenvalue weighted by Gasteiger charge is -2.26. The molecule has 2 rings (SSSR count). The molecule has 4 atom stereocenters. The molecule has 1 saturated carbocycles. The van der Waals surface area contributed by atoms with Gasteiger partial charge in [-0.25, -0.2) is 0 Å². The minimum absolute atomic E-state index is 0.0820. The number of aliphatic carboxylic acids is 1. The van der Waals surface area contributed by atoms with Gasteiger partial charge in [-0.05, 0) is 24.7 Å². The van der Waals surface area contributed by atoms with Crippen LogP contribution in [0.1, 0.15) is 26.2 Å². The molecule has 4 heteroatoms. The first-order valence-corrected chi connectivity index (χ1v) is 5.63. The van der Waals surface area contributed by atoms with Crippen LogP contribution < -0.4 is 0 Å². The van der Waals surface area contributed by atoms with Gasteiger partial charge in [0, 0.05) is 12.8 Å². The fourth-order valence-corrected chi connectivity index (χ4v) is 2.92. The Morgan fingerprint density at radius 1 is 1.44 bits per heavy atom. The Labute approximate surface area is 94.3 Å². The lowest BCUT2D eigenvalue weighted by Crippen LogP contribution is -2.31. The fourth-order valence-electron chi connectivity index (χ4n) is 2.92. The molecule has 0 radical (unpaired) electrons. The van der Waals surface area contributed by atoms with Gasteiger partial charge in [-0.15, -0.1) is 0 Å². The van der Waals surface area contributed by atoms with E-state index in [0.717, 1.165) is 12.8 Å². The smallest absolute Gasteiger partial charge is 0.307 e. The first-order valence-electron chi connectivity index (χ1n) is 5.63. The standard InChI is InChI=1S/C12H16O4/c1-7(13)16-11(6-12(14)15)10-5-8-2-3-9(10)4-8/h2-3,8-11H,4-6H2,1H3,(H,14,15). The predicted molar refractivity (Wildman–Crippen MR) is 56.7 cm³/mol. The Morgan fingerprint density at radius 2 is 2.19 bits per heavy atom. The van der Waals surface area contributed by atoms with Crippen molar-refractivity contribution in [2.45, 2.75) is 32.3 Å². The second kappa shape index (κ2) is 4.28. The number of carbonyl (C=O) groups is 2. The van der Waals surface area contributed by atoms with Gasteiger partial charge in [-0.3, -0.25) is 9.59 Å². The molecular formula is C12H16O4. The quantitative estimate of drug-likeness (QED) is 0.582. The van der Waals surface area contributed by atoms with E-state index in [-0.39, 0.29) is 12.3 Å². The van der Waals surface area contributed by atoms with E-state index in [1.54, 1.807) is 0 Å². The molecule has 2 bridgehead atoms. The Bertz CT molecular complexity index is 318. The number of carbonyl (C=O) groups excluding carboxylic acids is 1. The number of fused-ring (bicyclic) bond motifs is 2. The minimum Gasteiger partial charge on any atom is -0.481 e. The van der Waals surface area contributed by atoms with Crippen LogP contribution in [0.3, 0.4) is 0 Å². The molecule has 1 fully saturated rings. The summed E-state index contributed by atoms with van der Waals surface area (Å²) in [6.07, 6.45) is 5.81. The Balaban J connectivity index is 2.03. The predicted octanol–water partition coefficient (Wildman–Crippen LogP) is 1.60. The SMILES string of the molecule is CC(=O)OC(CC(=O)O)C1CC2C=CC1C2. The normalized spacial score (nSPS) is 32.7. The zero-order chi connectivity index (χ0) is 11.7. The lowest BCUT2D eigenvalue weighted by atomic mass is 9.87. The van der Waals surface area contributed by atoms with Crippen LogP contribution in [0.15, 0.2) is 12.2 Å². The molecule has 4 unspecified atom stereocenters. The number of carboxylic acid groups (broad SMARTS) is 1. The van der Waals surface area contributed by atoms with Crippen molar-refractivity contribution in [2.75, 3.05) is 0 Å². The average Bonchev–Trinajstić information content (AvgIpc) is 2.75. The van der Waals surface area contributed by atoms with Gasteiger partial charge in [0.2, 0.25) is 0 Å². The van der Waals surface area contributed by atoms with Crippen molar-refractivity contribution < 1.29 is 19.4 Å². The van der Waals surface area contributed by atoms with E-state index >= 15 is 0 Å². The van der Waals surface area contributed by atoms with Crippen molar-refractivity contribution in [1.82, 2.24) is 0 Å². The number of rotatable bonds is 4. The first kappa shape index (κ1) is 11.2. The number of hydrogen-bond acceptors (Lipinski definition) is 3. The largest absolute Gasteiger partial charge is 0.481 e. The molecule has 0 aromatic heterocycles. The molecule has 0 amide bonds. The van der Waals surface area contributed by atoms with Crippen LogP contribution >= 0.6 is 0 Å². The molecule has 2 aliphatic carbocycles. The topological polar surface area (TPSA) is 63.6 Å². The van der Waals surface area contributed by atoms with Crippen molar-refractivity contribution in [1.29, 1.82) is 0 Å². The summed E-state index contributed by atoms with van der Waals surface area (Å²) < 4.78 is 5.14. The first-order chi connectivity index (χ1) is 7.56. The van der Waals surface area contributed by atoms with Crippen LogP contribution in [0.5, 0.6) is 0 Å². The summed E-state index contributed by atoms with van der Waals surface area (Å²) >= 11 is 0. The van der Waals surface area contributed by atoms with Crippen molar-refractivity contribution in [3.8, 4) is 0 Å². The van der Waals surface area contributed by atoms with E-state index in [1.165, 1.54) is 6.92 Å². The van der Waals surface area contributed by atoms with E-state index in [0.29, 0.717) is 11.8 Å². The van der Waals surface area contributed by atoms with Gasteiger partial charge in [0.15, 0.2) is 0 Å². The monoisotopic (exact) mass is 224 g/mol. The van der Waals surface area contributed by atoms with E-state index in [4.69, 9.17) is 9.84 Å². The van der Waals surface area contributed by atoms with Gasteiger partial charge in [-0.1, -0.05) is 12.2 Å². The number of carboxylic acids is 1. The zero-order valence-corrected chi connectivity index (χ0v) is 9.26. The molecule has 0 heterocycles. The summed E-state index contributed by atoms with van der Waals surface area (Å²) in [5, 5.41) is 8.82. The summed E-state index contributed by atoms with van der Waals surface area (Å²) in [5.74, 6) is -0.151. The third kappa shape index (κ3) is 2.26. The van der Waals surface area contributed by atoms with Gasteiger partial charge >= 0.3 is 11.9 Å². The highest BCUT2D eigenvalue weighted by atomic mass is 16.5. The lowest BCUT2D eigenvalue weighted by molar-refractivity contribution is -0.154. The molecule has 4 nitrogen and oxygen atoms in total. The fraction of sp³-hybridized carbons (Fsp3) is 0.667. The second-order valence-corrected chi connectivity index (χ2v) is 4.69. The molecular weight excluding hydrogens is 208 g/mol. The molecule has 0 spiro atoms. The maximum absolute atomic E-state index is 11.0. The highest BCUT2D eigenvalue weighted by molar-refractivity contribution is 5.69. The Kier molecular flexibility index (Phi) is 2.99. The van der Waals surface area contributed by atoms with Gasteiger partial charge in [-0.2, -0.15) is 0 Å². The van der Waals surface area contributed by atoms with E-state index in [2.05, 4.69) is 12.2 Å². The minimum atomic E-state index is -0.905. The third-order valence-corrected chi connectivity index (χ3v) is 3.50. The highest BCUT2D eigenvalue weighted by Crippen LogP contribution is 2.46. The van der Waals surface area contributed by atoms with Gasteiger partial charge in [0.05, 0.1) is 6.42 Å². The molecule has 1 N–H and O–H groups in total. The summed E-state index contributed by atoms with van der Waals surface area (Å²) in [5.41, 5.74) is 0. The van der Waals surface area contributed by atoms with Crippen LogP contribution in [0.2, 0.25) is 0 Å². The third-order valence-electron chi connectivity index (χ3n) is 3.50. The number of esters is 1. The summed E-state index contributed by atoms with van der Waals surface area (Å²) in [7, 11) is 0. The van der Waals surface area contributed by atoms with Crippen molar-refractivity contribution in [3.05, 3.63) is 12.2 Å². The molecule has 16 heavy (non-hydrogen) atoms. The summed E-state index contributed by atoms with van der Waals surface area (Å²) in [4.78, 5) is 21.7. The van der Waals surface area contributed by atoms with Crippen LogP contribution in [0, 0.1) is 17.8 Å². The van der Waals surface area contributed by atoms with Crippen LogP contribution in [0.4, 0.5) is 0 Å². The van der Waals surface area contributed by atoms with Gasteiger partial charge < -0.3 is 9.84 Å². The Morgan fingerprint density at radius 3 is 2.62 bits per heavy atom. The highest BCUT2D eigenvalue weighted by Gasteiger charge is 2.42. The molecule has 0 saturated heterocycles. The van der Waals surface area contributed by atoms with Crippen LogP contribution in [-0.2, 0) is 14.3 Å². The van der Waals surface area contributed by atoms with Gasteiger partial charge in [0.1, 0.15) is 6.10 Å². The number of hydrogen-bond donors (Lipinski definition) is 1. The average molecular weight is 224 g/mol. The second-order valence-electron chi connectivity index (χ2n) is 4.69. The maximum Gasteiger partial charge on any atom is 0.307 e. The molecule has 0 aliphatic heterocycles. The Hall–Kier alpha value is -1.32. The molecule has 88 valence electrons. The van der Waals surface area contributed by atoms with Gasteiger partial charge in [0.25, 0.3) is 0 Å². The number of allylic oxidation sites excluding steroid dienone is 2. The number of ether oxygens (including phenoxy) is 1. The van der Waals surface area contributed by atoms with Crippen molar-refractivity contribution in [3.63, 3.8) is 0 Å². The van der Waals surface area contributed by atoms with Crippen molar-refractivity contribution >= 4 is 11.9 Å². The molecule has 0 aromatic carbocycles. The molecule has 2 aliphatic rings. The van der Waals surface area contributed by atoms with E-state index < -0.39 is 18.0 Å². The summed E-state index contributed by atoms with van der Waals surface area (Å²) in [6.45, 7) is 1.33. The van der Waals surface area contributed by atoms with E-state index in [1.807, 2.05) is 0 Å². The maximum atomic E-state index is 11.0. The summed E-state index contributed by atoms with van der Waals surface area (Å²) in [6, 6.07) is 0.